The lowest BCUT2D eigenvalue weighted by atomic mass is 10.1. The molecule has 0 atom stereocenters. The van der Waals surface area contributed by atoms with Gasteiger partial charge in [-0.25, -0.2) is 0 Å². The second-order valence-corrected chi connectivity index (χ2v) is 4.10. The van der Waals surface area contributed by atoms with Crippen LogP contribution in [0.3, 0.4) is 0 Å². The van der Waals surface area contributed by atoms with Gasteiger partial charge in [0.05, 0.1) is 11.4 Å². The summed E-state index contributed by atoms with van der Waals surface area (Å²) in [5.41, 5.74) is 6.89. The molecular formula is C16H29N3O2. The largest absolute Gasteiger partial charge is 0.371 e. The van der Waals surface area contributed by atoms with Crippen LogP contribution in [0, 0.1) is 0 Å². The second-order valence-electron chi connectivity index (χ2n) is 4.10. The van der Waals surface area contributed by atoms with Gasteiger partial charge in [0, 0.05) is 21.6 Å². The van der Waals surface area contributed by atoms with Gasteiger partial charge in [-0.05, 0) is 12.1 Å². The molecule has 0 unspecified atom stereocenters. The van der Waals surface area contributed by atoms with E-state index in [1.54, 1.807) is 4.90 Å². The molecule has 0 saturated carbocycles. The summed E-state index contributed by atoms with van der Waals surface area (Å²) in [6.07, 6.45) is -0.238. The summed E-state index contributed by atoms with van der Waals surface area (Å²) in [7, 11) is 1.98. The number of nitrogens with two attached hydrogens (primary N) is 1. The predicted octanol–water partition coefficient (Wildman–Crippen LogP) is 2.64. The smallest absolute Gasteiger partial charge is 0.236 e. The van der Waals surface area contributed by atoms with Gasteiger partial charge in [0.15, 0.2) is 0 Å². The van der Waals surface area contributed by atoms with E-state index in [0.717, 1.165) is 17.9 Å². The number of primary amides is 1. The van der Waals surface area contributed by atoms with Gasteiger partial charge in [-0.15, -0.1) is 0 Å². The summed E-state index contributed by atoms with van der Waals surface area (Å²) < 4.78 is 0. The molecule has 1 aliphatic rings. The number of hydrogen-bond donors (Lipinski definition) is 1. The molecule has 1 aromatic carbocycles. The van der Waals surface area contributed by atoms with Crippen LogP contribution < -0.4 is 15.5 Å². The third-order valence-corrected chi connectivity index (χ3v) is 2.87. The lowest BCUT2D eigenvalue weighted by Gasteiger charge is -2.35. The first kappa shape index (κ1) is 19.0. The number of hydrogen-bond acceptors (Lipinski definition) is 3. The van der Waals surface area contributed by atoms with Crippen LogP contribution in [0.25, 0.3) is 0 Å². The summed E-state index contributed by atoms with van der Waals surface area (Å²) in [5, 5.41) is 0. The Balaban J connectivity index is 0. The first-order valence-electron chi connectivity index (χ1n) is 7.48. The van der Waals surface area contributed by atoms with E-state index in [0.29, 0.717) is 6.54 Å². The Labute approximate surface area is 129 Å². The Hall–Kier alpha value is -2.04. The maximum atomic E-state index is 11.9. The quantitative estimate of drug-likeness (QED) is 0.853. The lowest BCUT2D eigenvalue weighted by molar-refractivity contribution is -0.126. The summed E-state index contributed by atoms with van der Waals surface area (Å²) in [6.45, 7) is 9.33. The van der Waals surface area contributed by atoms with E-state index in [-0.39, 0.29) is 13.8 Å². The van der Waals surface area contributed by atoms with Crippen LogP contribution in [0.5, 0.6) is 0 Å². The molecule has 2 rings (SSSR count). The van der Waals surface area contributed by atoms with E-state index < -0.39 is 5.91 Å². The number of fused-ring (bicyclic) bond motifs is 1. The highest BCUT2D eigenvalue weighted by Crippen LogP contribution is 2.31. The van der Waals surface area contributed by atoms with Crippen molar-refractivity contribution < 1.29 is 11.0 Å². The van der Waals surface area contributed by atoms with Gasteiger partial charge in [0.2, 0.25) is 11.8 Å². The third kappa shape index (κ3) is 5.10. The zero-order valence-corrected chi connectivity index (χ0v) is 13.7. The highest BCUT2D eigenvalue weighted by molar-refractivity contribution is 6.06. The van der Waals surface area contributed by atoms with Crippen LogP contribution in [-0.2, 0) is 9.59 Å². The van der Waals surface area contributed by atoms with Crippen LogP contribution in [0.2, 0.25) is 0 Å². The molecule has 0 saturated heterocycles. The van der Waals surface area contributed by atoms with Crippen molar-refractivity contribution in [1.82, 2.24) is 0 Å². The number of carbonyl (C=O) groups is 2. The summed E-state index contributed by atoms with van der Waals surface area (Å²) in [6, 6.07) is 7.64. The molecule has 0 spiro atoms. The van der Waals surface area contributed by atoms with Gasteiger partial charge in [-0.2, -0.15) is 0 Å². The number of para-hydroxylation sites is 2. The molecule has 0 aliphatic carbocycles. The van der Waals surface area contributed by atoms with Crippen molar-refractivity contribution in [2.24, 2.45) is 5.73 Å². The average Bonchev–Trinajstić information content (AvgIpc) is 2.51. The van der Waals surface area contributed by atoms with Gasteiger partial charge in [0.1, 0.15) is 6.42 Å². The summed E-state index contributed by atoms with van der Waals surface area (Å²) in [5.74, 6) is -0.829. The maximum absolute atomic E-state index is 11.9. The van der Waals surface area contributed by atoms with Crippen molar-refractivity contribution in [2.45, 2.75) is 34.1 Å². The zero-order valence-electron chi connectivity index (χ0n) is 13.7. The highest BCUT2D eigenvalue weighted by Gasteiger charge is 2.25. The first-order valence-corrected chi connectivity index (χ1v) is 7.48. The van der Waals surface area contributed by atoms with Gasteiger partial charge in [0.25, 0.3) is 0 Å². The number of nitrogens with zero attached hydrogens (tertiary/aromatic N) is 2. The van der Waals surface area contributed by atoms with Gasteiger partial charge < -0.3 is 15.5 Å². The van der Waals surface area contributed by atoms with E-state index in [2.05, 4.69) is 4.90 Å². The number of carbonyl (C=O) groups excluding carboxylic acids is 2. The molecule has 0 aromatic heterocycles. The molecule has 1 heterocycles. The number of likely N-dealkylation sites (N-methyl/N-ethyl adjacent to an activating group) is 1. The monoisotopic (exact) mass is 295 g/mol. The number of rotatable bonds is 2. The standard InChI is InChI=1S/C12H15N3O2.2C2H6.H2/c1-14-6-7-15(12(17)8-11(13)16)10-5-3-2-4-9(10)14;2*1-2;/h2-5H,6-8H2,1H3,(H2,13,16);2*1-2H3;1H. The van der Waals surface area contributed by atoms with E-state index in [1.165, 1.54) is 0 Å². The summed E-state index contributed by atoms with van der Waals surface area (Å²) >= 11 is 0. The van der Waals surface area contributed by atoms with Crippen LogP contribution in [-0.4, -0.2) is 32.0 Å². The Kier molecular flexibility index (Phi) is 8.85. The average molecular weight is 295 g/mol. The van der Waals surface area contributed by atoms with Crippen molar-refractivity contribution in [1.29, 1.82) is 0 Å². The molecule has 0 radical (unpaired) electrons. The van der Waals surface area contributed by atoms with Crippen LogP contribution in [0.15, 0.2) is 24.3 Å². The molecule has 5 nitrogen and oxygen atoms in total. The van der Waals surface area contributed by atoms with Crippen molar-refractivity contribution in [3.63, 3.8) is 0 Å². The molecule has 2 N–H and O–H groups in total. The van der Waals surface area contributed by atoms with Gasteiger partial charge in [-0.1, -0.05) is 39.8 Å². The van der Waals surface area contributed by atoms with E-state index in [1.807, 2.05) is 59.0 Å². The Bertz CT molecular complexity index is 466. The predicted molar refractivity (Wildman–Crippen MR) is 90.7 cm³/mol. The Morgan fingerprint density at radius 2 is 1.62 bits per heavy atom. The Morgan fingerprint density at radius 1 is 1.10 bits per heavy atom. The Morgan fingerprint density at radius 3 is 2.14 bits per heavy atom. The highest BCUT2D eigenvalue weighted by atomic mass is 16.2. The molecule has 0 fully saturated rings. The molecule has 120 valence electrons. The van der Waals surface area contributed by atoms with E-state index >= 15 is 0 Å². The van der Waals surface area contributed by atoms with Crippen molar-refractivity contribution in [3.05, 3.63) is 24.3 Å². The minimum absolute atomic E-state index is 0. The lowest BCUT2D eigenvalue weighted by Crippen LogP contribution is -2.43. The molecule has 1 aromatic rings. The van der Waals surface area contributed by atoms with Crippen LogP contribution in [0.4, 0.5) is 11.4 Å². The second kappa shape index (κ2) is 9.80. The molecular weight excluding hydrogens is 266 g/mol. The fraction of sp³-hybridized carbons (Fsp3) is 0.500. The molecule has 1 aliphatic heterocycles. The normalized spacial score (nSPS) is 12.2. The molecule has 5 heteroatoms. The van der Waals surface area contributed by atoms with Crippen LogP contribution in [0.1, 0.15) is 35.5 Å². The molecule has 21 heavy (non-hydrogen) atoms. The topological polar surface area (TPSA) is 66.6 Å². The number of anilines is 2. The SMILES string of the molecule is CC.CC.CN1CCN(C(=O)CC(N)=O)c2ccccc21.[HH]. The third-order valence-electron chi connectivity index (χ3n) is 2.87. The van der Waals surface area contributed by atoms with E-state index in [9.17, 15) is 9.59 Å². The molecule has 0 bridgehead atoms. The fourth-order valence-electron chi connectivity index (χ4n) is 2.01. The molecule has 2 amide bonds. The minimum atomic E-state index is -0.591. The fourth-order valence-corrected chi connectivity index (χ4v) is 2.01. The number of amides is 2. The van der Waals surface area contributed by atoms with Crippen molar-refractivity contribution >= 4 is 23.2 Å². The van der Waals surface area contributed by atoms with Gasteiger partial charge in [-0.3, -0.25) is 9.59 Å². The van der Waals surface area contributed by atoms with E-state index in [4.69, 9.17) is 5.73 Å². The van der Waals surface area contributed by atoms with Crippen molar-refractivity contribution in [2.75, 3.05) is 29.9 Å². The van der Waals surface area contributed by atoms with Crippen LogP contribution >= 0.6 is 0 Å². The zero-order chi connectivity index (χ0) is 16.4. The van der Waals surface area contributed by atoms with Crippen molar-refractivity contribution in [3.8, 4) is 0 Å². The number of benzene rings is 1. The maximum Gasteiger partial charge on any atom is 0.236 e. The van der Waals surface area contributed by atoms with Gasteiger partial charge >= 0.3 is 0 Å². The first-order chi connectivity index (χ1) is 10.1. The summed E-state index contributed by atoms with van der Waals surface area (Å²) in [4.78, 5) is 26.4. The minimum Gasteiger partial charge on any atom is -0.371 e.